The molecule has 0 bridgehead atoms. The van der Waals surface area contributed by atoms with E-state index >= 15 is 0 Å². The third-order valence-corrected chi connectivity index (χ3v) is 5.34. The van der Waals surface area contributed by atoms with Crippen molar-refractivity contribution in [2.75, 3.05) is 29.4 Å². The molecule has 0 amide bonds. The number of aliphatic carboxylic acids is 1. The van der Waals surface area contributed by atoms with Crippen LogP contribution < -0.4 is 9.80 Å². The number of nitrogens with zero attached hydrogens (tertiary/aromatic N) is 5. The third kappa shape index (κ3) is 4.93. The van der Waals surface area contributed by atoms with Crippen molar-refractivity contribution in [3.63, 3.8) is 0 Å². The number of pyridine rings is 1. The van der Waals surface area contributed by atoms with Gasteiger partial charge in [-0.15, -0.1) is 0 Å². The molecule has 1 spiro atoms. The highest BCUT2D eigenvalue weighted by molar-refractivity contribution is 5.73. The van der Waals surface area contributed by atoms with Crippen LogP contribution in [0.15, 0.2) is 43.0 Å². The van der Waals surface area contributed by atoms with Gasteiger partial charge in [0.15, 0.2) is 0 Å². The summed E-state index contributed by atoms with van der Waals surface area (Å²) in [7, 11) is 0. The van der Waals surface area contributed by atoms with Gasteiger partial charge in [-0.3, -0.25) is 4.98 Å². The zero-order valence-corrected chi connectivity index (χ0v) is 15.7. The highest BCUT2D eigenvalue weighted by Crippen LogP contribution is 2.40. The van der Waals surface area contributed by atoms with Crippen LogP contribution in [-0.4, -0.2) is 57.4 Å². The lowest BCUT2D eigenvalue weighted by Gasteiger charge is -2.45. The first-order chi connectivity index (χ1) is 13.8. The van der Waals surface area contributed by atoms with Crippen LogP contribution in [0, 0.1) is 0 Å². The molecule has 0 aromatic carbocycles. The van der Waals surface area contributed by atoms with Crippen LogP contribution in [0.2, 0.25) is 0 Å². The van der Waals surface area contributed by atoms with E-state index < -0.39 is 12.1 Å². The summed E-state index contributed by atoms with van der Waals surface area (Å²) in [5, 5.41) is 7.12. The van der Waals surface area contributed by atoms with Crippen molar-refractivity contribution in [2.24, 2.45) is 0 Å². The maximum Gasteiger partial charge on any atom is 0.490 e. The van der Waals surface area contributed by atoms with Crippen LogP contribution in [0.4, 0.5) is 24.8 Å². The molecule has 2 aromatic rings. The number of anilines is 2. The Morgan fingerprint density at radius 3 is 2.24 bits per heavy atom. The van der Waals surface area contributed by atoms with E-state index in [-0.39, 0.29) is 5.54 Å². The molecule has 2 fully saturated rings. The Hall–Kier alpha value is -2.91. The molecule has 156 valence electrons. The Morgan fingerprint density at radius 1 is 1.03 bits per heavy atom. The van der Waals surface area contributed by atoms with E-state index in [1.54, 1.807) is 0 Å². The fraction of sp³-hybridized carbons (Fsp3) is 0.474. The highest BCUT2D eigenvalue weighted by atomic mass is 19.4. The number of aromatic nitrogens is 3. The molecule has 7 nitrogen and oxygen atoms in total. The van der Waals surface area contributed by atoms with Gasteiger partial charge in [0.25, 0.3) is 0 Å². The number of carboxylic acids is 1. The number of carboxylic acid groups (broad SMARTS) is 1. The lowest BCUT2D eigenvalue weighted by Crippen LogP contribution is -2.53. The number of carbonyl (C=O) groups is 1. The number of rotatable bonds is 2. The van der Waals surface area contributed by atoms with E-state index in [1.807, 2.05) is 36.9 Å². The molecule has 2 aromatic heterocycles. The van der Waals surface area contributed by atoms with E-state index in [0.717, 1.165) is 25.6 Å². The Morgan fingerprint density at radius 2 is 1.69 bits per heavy atom. The minimum Gasteiger partial charge on any atom is -0.475 e. The molecule has 0 atom stereocenters. The number of hydrogen-bond donors (Lipinski definition) is 1. The molecule has 0 unspecified atom stereocenters. The van der Waals surface area contributed by atoms with Crippen LogP contribution in [-0.2, 0) is 4.79 Å². The summed E-state index contributed by atoms with van der Waals surface area (Å²) in [5.41, 5.74) is 1.48. The summed E-state index contributed by atoms with van der Waals surface area (Å²) in [5.74, 6) is -1.86. The Labute approximate surface area is 166 Å². The van der Waals surface area contributed by atoms with Crippen molar-refractivity contribution >= 4 is 17.6 Å². The molecule has 0 radical (unpaired) electrons. The summed E-state index contributed by atoms with van der Waals surface area (Å²) in [6, 6.07) is 6.05. The van der Waals surface area contributed by atoms with Crippen LogP contribution in [0.1, 0.15) is 25.7 Å². The quantitative estimate of drug-likeness (QED) is 0.816. The number of alkyl halides is 3. The van der Waals surface area contributed by atoms with Gasteiger partial charge in [-0.05, 0) is 43.9 Å². The van der Waals surface area contributed by atoms with E-state index in [0.29, 0.717) is 0 Å². The summed E-state index contributed by atoms with van der Waals surface area (Å²) in [4.78, 5) is 27.0. The molecular weight excluding hydrogens is 387 g/mol. The first kappa shape index (κ1) is 20.8. The molecule has 0 saturated carbocycles. The van der Waals surface area contributed by atoms with Gasteiger partial charge in [0, 0.05) is 43.8 Å². The van der Waals surface area contributed by atoms with Gasteiger partial charge in [0.2, 0.25) is 5.95 Å². The van der Waals surface area contributed by atoms with Crippen molar-refractivity contribution in [3.8, 4) is 0 Å². The maximum absolute atomic E-state index is 10.6. The standard InChI is InChI=1S/C17H21N5.C2HF3O2/c1-4-15(14-18-8-1)21-12-6-17(7-13-21)5-2-11-22(17)16-19-9-3-10-20-16;3-2(4,5)1(6)7/h1,3-4,8-10,14H,2,5-7,11-13H2;(H,6,7). The van der Waals surface area contributed by atoms with Gasteiger partial charge >= 0.3 is 12.1 Å². The van der Waals surface area contributed by atoms with Gasteiger partial charge < -0.3 is 14.9 Å². The average Bonchev–Trinajstić information content (AvgIpc) is 3.12. The van der Waals surface area contributed by atoms with Gasteiger partial charge in [-0.25, -0.2) is 14.8 Å². The fourth-order valence-corrected chi connectivity index (χ4v) is 3.92. The molecule has 2 aliphatic heterocycles. The molecular formula is C19H22F3N5O2. The van der Waals surface area contributed by atoms with Crippen molar-refractivity contribution < 1.29 is 23.1 Å². The second-order valence-corrected chi connectivity index (χ2v) is 7.03. The fourth-order valence-electron chi connectivity index (χ4n) is 3.92. The second-order valence-electron chi connectivity index (χ2n) is 7.03. The van der Waals surface area contributed by atoms with Crippen LogP contribution in [0.25, 0.3) is 0 Å². The molecule has 0 aliphatic carbocycles. The normalized spacial score (nSPS) is 18.3. The highest BCUT2D eigenvalue weighted by Gasteiger charge is 2.44. The monoisotopic (exact) mass is 409 g/mol. The first-order valence-electron chi connectivity index (χ1n) is 9.32. The summed E-state index contributed by atoms with van der Waals surface area (Å²) >= 11 is 0. The molecule has 4 heterocycles. The van der Waals surface area contributed by atoms with Crippen molar-refractivity contribution in [1.82, 2.24) is 15.0 Å². The third-order valence-electron chi connectivity index (χ3n) is 5.34. The van der Waals surface area contributed by atoms with E-state index in [4.69, 9.17) is 9.90 Å². The number of halogens is 3. The summed E-state index contributed by atoms with van der Waals surface area (Å²) in [6.45, 7) is 3.24. The van der Waals surface area contributed by atoms with Gasteiger partial charge in [0.1, 0.15) is 0 Å². The minimum absolute atomic E-state index is 0.250. The Bertz CT molecular complexity index is 796. The molecule has 1 N–H and O–H groups in total. The van der Waals surface area contributed by atoms with E-state index in [1.165, 1.54) is 31.4 Å². The minimum atomic E-state index is -5.08. The Balaban J connectivity index is 0.000000298. The summed E-state index contributed by atoms with van der Waals surface area (Å²) < 4.78 is 31.7. The first-order valence-corrected chi connectivity index (χ1v) is 9.32. The lowest BCUT2D eigenvalue weighted by atomic mass is 9.85. The average molecular weight is 409 g/mol. The molecule has 4 rings (SSSR count). The SMILES string of the molecule is O=C(O)C(F)(F)F.c1cnc(N2CCCC23CCN(c2cccnc2)CC3)nc1. The largest absolute Gasteiger partial charge is 0.490 e. The van der Waals surface area contributed by atoms with E-state index in [9.17, 15) is 13.2 Å². The smallest absolute Gasteiger partial charge is 0.475 e. The van der Waals surface area contributed by atoms with E-state index in [2.05, 4.69) is 30.8 Å². The van der Waals surface area contributed by atoms with Crippen molar-refractivity contribution in [1.29, 1.82) is 0 Å². The molecule has 2 saturated heterocycles. The van der Waals surface area contributed by atoms with Crippen molar-refractivity contribution in [2.45, 2.75) is 37.4 Å². The molecule has 2 aliphatic rings. The van der Waals surface area contributed by atoms with Crippen LogP contribution >= 0.6 is 0 Å². The zero-order valence-electron chi connectivity index (χ0n) is 15.7. The maximum atomic E-state index is 10.6. The van der Waals surface area contributed by atoms with Crippen molar-refractivity contribution in [3.05, 3.63) is 43.0 Å². The lowest BCUT2D eigenvalue weighted by molar-refractivity contribution is -0.192. The van der Waals surface area contributed by atoms with Crippen LogP contribution in [0.3, 0.4) is 0 Å². The van der Waals surface area contributed by atoms with Gasteiger partial charge in [0.05, 0.1) is 11.9 Å². The van der Waals surface area contributed by atoms with Gasteiger partial charge in [-0.1, -0.05) is 0 Å². The predicted molar refractivity (Wildman–Crippen MR) is 101 cm³/mol. The van der Waals surface area contributed by atoms with Gasteiger partial charge in [-0.2, -0.15) is 13.2 Å². The second kappa shape index (κ2) is 8.62. The topological polar surface area (TPSA) is 82.5 Å². The Kier molecular flexibility index (Phi) is 6.19. The zero-order chi connectivity index (χ0) is 20.9. The molecule has 29 heavy (non-hydrogen) atoms. The molecule has 10 heteroatoms. The number of piperidine rings is 1. The van der Waals surface area contributed by atoms with Crippen LogP contribution in [0.5, 0.6) is 0 Å². The summed E-state index contributed by atoms with van der Waals surface area (Å²) in [6.07, 6.45) is 7.24. The number of hydrogen-bond acceptors (Lipinski definition) is 6. The predicted octanol–water partition coefficient (Wildman–Crippen LogP) is 3.14.